The molecule has 8 nitrogen and oxygen atoms in total. The number of benzene rings is 1. The maximum Gasteiger partial charge on any atom is 0.270 e. The zero-order valence-corrected chi connectivity index (χ0v) is 12.6. The molecule has 120 valence electrons. The maximum absolute atomic E-state index is 11.1. The van der Waals surface area contributed by atoms with Crippen molar-refractivity contribution in [1.82, 2.24) is 15.0 Å². The molecule has 1 aromatic carbocycles. The third-order valence-corrected chi connectivity index (χ3v) is 3.54. The average molecular weight is 322 g/mol. The molecule has 0 atom stereocenters. The molecule has 0 aliphatic rings. The smallest absolute Gasteiger partial charge is 0.270 e. The Bertz CT molecular complexity index is 913. The Balaban J connectivity index is 2.24. The molecule has 3 aromatic rings. The molecule has 0 amide bonds. The first-order valence-corrected chi connectivity index (χ1v) is 7.12. The molecule has 24 heavy (non-hydrogen) atoms. The first-order valence-electron chi connectivity index (χ1n) is 7.12. The van der Waals surface area contributed by atoms with Gasteiger partial charge in [-0.15, -0.1) is 0 Å². The molecule has 0 spiro atoms. The van der Waals surface area contributed by atoms with Crippen molar-refractivity contribution in [3.63, 3.8) is 0 Å². The highest BCUT2D eigenvalue weighted by Gasteiger charge is 2.17. The molecule has 3 rings (SSSR count). The van der Waals surface area contributed by atoms with Gasteiger partial charge in [0.05, 0.1) is 16.3 Å². The van der Waals surface area contributed by atoms with Gasteiger partial charge in [0.25, 0.3) is 5.69 Å². The molecule has 0 fully saturated rings. The van der Waals surface area contributed by atoms with Gasteiger partial charge in [0, 0.05) is 42.2 Å². The second-order valence-electron chi connectivity index (χ2n) is 5.00. The van der Waals surface area contributed by atoms with E-state index in [0.717, 1.165) is 5.56 Å². The highest BCUT2D eigenvalue weighted by atomic mass is 16.6. The Kier molecular flexibility index (Phi) is 4.13. The van der Waals surface area contributed by atoms with E-state index in [1.54, 1.807) is 30.6 Å². The number of aromatic nitrogens is 3. The van der Waals surface area contributed by atoms with Gasteiger partial charge in [0.15, 0.2) is 0 Å². The van der Waals surface area contributed by atoms with Crippen molar-refractivity contribution in [2.45, 2.75) is 6.54 Å². The molecule has 8 heteroatoms. The first kappa shape index (κ1) is 15.5. The minimum Gasteiger partial charge on any atom is -0.368 e. The summed E-state index contributed by atoms with van der Waals surface area (Å²) in [5.74, 6) is 0.139. The van der Waals surface area contributed by atoms with Gasteiger partial charge in [-0.25, -0.2) is 9.97 Å². The van der Waals surface area contributed by atoms with Crippen molar-refractivity contribution >= 4 is 11.6 Å². The van der Waals surface area contributed by atoms with E-state index in [1.165, 1.54) is 12.1 Å². The van der Waals surface area contributed by atoms with Crippen LogP contribution < -0.4 is 11.5 Å². The van der Waals surface area contributed by atoms with E-state index in [9.17, 15) is 10.1 Å². The number of nitrogens with zero attached hydrogens (tertiary/aromatic N) is 4. The Labute approximate surface area is 137 Å². The van der Waals surface area contributed by atoms with Crippen molar-refractivity contribution in [3.8, 4) is 22.5 Å². The third kappa shape index (κ3) is 2.90. The van der Waals surface area contributed by atoms with Crippen LogP contribution in [0.15, 0.2) is 48.8 Å². The van der Waals surface area contributed by atoms with Crippen LogP contribution in [0.4, 0.5) is 11.6 Å². The zero-order chi connectivity index (χ0) is 17.1. The second kappa shape index (κ2) is 6.39. The van der Waals surface area contributed by atoms with E-state index < -0.39 is 4.92 Å². The lowest BCUT2D eigenvalue weighted by Gasteiger charge is -2.12. The number of anilines is 1. The summed E-state index contributed by atoms with van der Waals surface area (Å²) in [6, 6.07) is 9.83. The highest BCUT2D eigenvalue weighted by molar-refractivity contribution is 5.81. The number of rotatable bonds is 4. The number of hydrogen-bond acceptors (Lipinski definition) is 7. The summed E-state index contributed by atoms with van der Waals surface area (Å²) in [4.78, 5) is 23.1. The van der Waals surface area contributed by atoms with Crippen LogP contribution in [-0.4, -0.2) is 19.9 Å². The number of nitrogen functional groups attached to an aromatic ring is 1. The Morgan fingerprint density at radius 3 is 2.62 bits per heavy atom. The lowest BCUT2D eigenvalue weighted by Crippen LogP contribution is -2.03. The molecule has 0 radical (unpaired) electrons. The Morgan fingerprint density at radius 2 is 1.92 bits per heavy atom. The van der Waals surface area contributed by atoms with E-state index in [0.29, 0.717) is 22.5 Å². The summed E-state index contributed by atoms with van der Waals surface area (Å²) < 4.78 is 0. The summed E-state index contributed by atoms with van der Waals surface area (Å²) in [7, 11) is 0. The van der Waals surface area contributed by atoms with Crippen LogP contribution in [0.25, 0.3) is 22.5 Å². The number of nitro groups is 1. The van der Waals surface area contributed by atoms with Crippen molar-refractivity contribution in [2.24, 2.45) is 5.73 Å². The fourth-order valence-electron chi connectivity index (χ4n) is 2.43. The molecule has 0 aliphatic heterocycles. The van der Waals surface area contributed by atoms with E-state index in [2.05, 4.69) is 15.0 Å². The molecule has 4 N–H and O–H groups in total. The normalized spacial score (nSPS) is 10.5. The molecule has 0 saturated carbocycles. The third-order valence-electron chi connectivity index (χ3n) is 3.54. The van der Waals surface area contributed by atoms with Gasteiger partial charge in [0.2, 0.25) is 5.95 Å². The molecule has 2 aromatic heterocycles. The maximum atomic E-state index is 11.1. The molecule has 2 heterocycles. The zero-order valence-electron chi connectivity index (χ0n) is 12.6. The lowest BCUT2D eigenvalue weighted by atomic mass is 9.98. The van der Waals surface area contributed by atoms with Gasteiger partial charge >= 0.3 is 0 Å². The minimum absolute atomic E-state index is 0.0268. The molecular formula is C16H14N6O2. The first-order chi connectivity index (χ1) is 11.6. The van der Waals surface area contributed by atoms with Crippen LogP contribution in [0.1, 0.15) is 5.56 Å². The van der Waals surface area contributed by atoms with Gasteiger partial charge in [-0.1, -0.05) is 6.07 Å². The quantitative estimate of drug-likeness (QED) is 0.555. The number of hydrogen-bond donors (Lipinski definition) is 2. The summed E-state index contributed by atoms with van der Waals surface area (Å²) in [6.07, 6.45) is 3.16. The number of pyridine rings is 1. The summed E-state index contributed by atoms with van der Waals surface area (Å²) in [5, 5.41) is 11.1. The van der Waals surface area contributed by atoms with E-state index in [-0.39, 0.29) is 18.2 Å². The van der Waals surface area contributed by atoms with Crippen LogP contribution in [0.2, 0.25) is 0 Å². The molecular weight excluding hydrogens is 308 g/mol. The van der Waals surface area contributed by atoms with E-state index in [4.69, 9.17) is 11.5 Å². The van der Waals surface area contributed by atoms with Crippen LogP contribution >= 0.6 is 0 Å². The number of non-ortho nitro benzene ring substituents is 1. The predicted molar refractivity (Wildman–Crippen MR) is 89.7 cm³/mol. The van der Waals surface area contributed by atoms with Crippen LogP contribution in [-0.2, 0) is 6.54 Å². The Morgan fingerprint density at radius 1 is 1.08 bits per heavy atom. The van der Waals surface area contributed by atoms with Crippen LogP contribution in [0.3, 0.4) is 0 Å². The van der Waals surface area contributed by atoms with Crippen molar-refractivity contribution in [3.05, 3.63) is 64.5 Å². The monoisotopic (exact) mass is 322 g/mol. The van der Waals surface area contributed by atoms with Crippen LogP contribution in [0, 0.1) is 10.1 Å². The number of nitro benzene ring substituents is 1. The molecule has 0 unspecified atom stereocenters. The fourth-order valence-corrected chi connectivity index (χ4v) is 2.43. The van der Waals surface area contributed by atoms with Gasteiger partial charge in [0.1, 0.15) is 0 Å². The standard InChI is InChI=1S/C16H14N6O2/c17-9-10-3-4-11(22(23)24)8-13(10)15-12(2-1-6-19-15)14-5-7-20-16(18)21-14/h1-8H,9,17H2,(H2,18,20,21). The predicted octanol–water partition coefficient (Wildman–Crippen LogP) is 2.15. The minimum atomic E-state index is -0.449. The topological polar surface area (TPSA) is 134 Å². The van der Waals surface area contributed by atoms with Gasteiger partial charge in [-0.05, 0) is 23.8 Å². The average Bonchev–Trinajstić information content (AvgIpc) is 2.61. The SMILES string of the molecule is NCc1ccc([N+](=O)[O-])cc1-c1ncccc1-c1ccnc(N)n1. The largest absolute Gasteiger partial charge is 0.368 e. The fraction of sp³-hybridized carbons (Fsp3) is 0.0625. The van der Waals surface area contributed by atoms with Crippen molar-refractivity contribution < 1.29 is 4.92 Å². The summed E-state index contributed by atoms with van der Waals surface area (Å²) in [5.41, 5.74) is 14.6. The molecule has 0 bridgehead atoms. The van der Waals surface area contributed by atoms with Gasteiger partial charge < -0.3 is 11.5 Å². The van der Waals surface area contributed by atoms with E-state index >= 15 is 0 Å². The van der Waals surface area contributed by atoms with Crippen LogP contribution in [0.5, 0.6) is 0 Å². The number of nitrogens with two attached hydrogens (primary N) is 2. The molecule has 0 saturated heterocycles. The van der Waals surface area contributed by atoms with E-state index in [1.807, 2.05) is 6.07 Å². The lowest BCUT2D eigenvalue weighted by molar-refractivity contribution is -0.384. The van der Waals surface area contributed by atoms with Crippen molar-refractivity contribution in [1.29, 1.82) is 0 Å². The van der Waals surface area contributed by atoms with Gasteiger partial charge in [-0.3, -0.25) is 15.1 Å². The summed E-state index contributed by atoms with van der Waals surface area (Å²) >= 11 is 0. The second-order valence-corrected chi connectivity index (χ2v) is 5.00. The van der Waals surface area contributed by atoms with Crippen molar-refractivity contribution in [2.75, 3.05) is 5.73 Å². The molecule has 0 aliphatic carbocycles. The highest BCUT2D eigenvalue weighted by Crippen LogP contribution is 2.33. The summed E-state index contributed by atoms with van der Waals surface area (Å²) in [6.45, 7) is 0.231. The van der Waals surface area contributed by atoms with Gasteiger partial charge in [-0.2, -0.15) is 0 Å². The Hall–Kier alpha value is -3.39.